The van der Waals surface area contributed by atoms with Gasteiger partial charge in [0.05, 0.1) is 6.20 Å². The molecule has 2 N–H and O–H groups in total. The lowest BCUT2D eigenvalue weighted by atomic mass is 9.53. The zero-order chi connectivity index (χ0) is 25.8. The first-order valence-corrected chi connectivity index (χ1v) is 12.7. The summed E-state index contributed by atoms with van der Waals surface area (Å²) in [4.78, 5) is 50.0. The van der Waals surface area contributed by atoms with Gasteiger partial charge in [0.2, 0.25) is 5.82 Å². The molecular weight excluding hydrogens is 467 g/mol. The largest absolute Gasteiger partial charge is 0.480 e. The Morgan fingerprint density at radius 3 is 2.75 bits per heavy atom. The molecule has 192 valence electrons. The van der Waals surface area contributed by atoms with Crippen LogP contribution in [0.25, 0.3) is 0 Å². The van der Waals surface area contributed by atoms with Crippen LogP contribution in [-0.4, -0.2) is 26.6 Å². The number of hydrogen-bond donors (Lipinski definition) is 2. The molecule has 0 spiro atoms. The maximum atomic E-state index is 14.1. The van der Waals surface area contributed by atoms with Crippen molar-refractivity contribution >= 4 is 11.9 Å². The normalized spacial score (nSPS) is 29.5. The third-order valence-electron chi connectivity index (χ3n) is 9.15. The smallest absolute Gasteiger partial charge is 0.329 e. The highest BCUT2D eigenvalue weighted by Crippen LogP contribution is 2.64. The number of carboxylic acids is 1. The van der Waals surface area contributed by atoms with Crippen molar-refractivity contribution < 1.29 is 23.8 Å². The van der Waals surface area contributed by atoms with Crippen LogP contribution < -0.4 is 16.0 Å². The molecule has 8 nitrogen and oxygen atoms in total. The zero-order valence-electron chi connectivity index (χ0n) is 20.5. The second kappa shape index (κ2) is 9.01. The van der Waals surface area contributed by atoms with Crippen LogP contribution in [0.5, 0.6) is 5.75 Å². The summed E-state index contributed by atoms with van der Waals surface area (Å²) in [5, 5.41) is 10.1. The molecule has 0 amide bonds. The average molecular weight is 499 g/mol. The number of fused-ring (bicyclic) bond motifs is 5. The molecule has 1 heterocycles. The number of benzene rings is 1. The van der Waals surface area contributed by atoms with E-state index in [2.05, 4.69) is 13.0 Å². The Balaban J connectivity index is 1.44. The lowest BCUT2D eigenvalue weighted by Gasteiger charge is -2.51. The fourth-order valence-electron chi connectivity index (χ4n) is 7.54. The fraction of sp³-hybridized carbons (Fsp3) is 0.556. The van der Waals surface area contributed by atoms with E-state index in [4.69, 9.17) is 4.74 Å². The predicted molar refractivity (Wildman–Crippen MR) is 128 cm³/mol. The van der Waals surface area contributed by atoms with Gasteiger partial charge in [-0.15, -0.1) is 0 Å². The minimum absolute atomic E-state index is 0.261. The molecular formula is C27H31FN2O6. The van der Waals surface area contributed by atoms with E-state index in [0.29, 0.717) is 30.4 Å². The van der Waals surface area contributed by atoms with Gasteiger partial charge in [0, 0.05) is 6.42 Å². The number of H-pyrrole nitrogens is 1. The van der Waals surface area contributed by atoms with Crippen LogP contribution in [0.1, 0.15) is 75.5 Å². The van der Waals surface area contributed by atoms with Crippen LogP contribution in [0.3, 0.4) is 0 Å². The first kappa shape index (κ1) is 24.5. The highest BCUT2D eigenvalue weighted by Gasteiger charge is 2.58. The second-order valence-electron chi connectivity index (χ2n) is 10.8. The molecule has 0 aliphatic heterocycles. The number of aryl methyl sites for hydroxylation is 1. The van der Waals surface area contributed by atoms with Crippen molar-refractivity contribution in [1.29, 1.82) is 0 Å². The summed E-state index contributed by atoms with van der Waals surface area (Å²) in [6.45, 7) is 3.88. The Morgan fingerprint density at radius 2 is 2.03 bits per heavy atom. The van der Waals surface area contributed by atoms with Gasteiger partial charge in [0.25, 0.3) is 5.56 Å². The molecule has 2 saturated carbocycles. The molecule has 3 aliphatic rings. The zero-order valence-corrected chi connectivity index (χ0v) is 20.5. The van der Waals surface area contributed by atoms with Crippen molar-refractivity contribution in [1.82, 2.24) is 9.55 Å². The Morgan fingerprint density at radius 1 is 1.25 bits per heavy atom. The molecule has 5 rings (SSSR count). The lowest BCUT2D eigenvalue weighted by Crippen LogP contribution is -2.47. The van der Waals surface area contributed by atoms with E-state index < -0.39 is 29.1 Å². The summed E-state index contributed by atoms with van der Waals surface area (Å²) in [6, 6.07) is 4.66. The number of hydrogen-bond acceptors (Lipinski definition) is 5. The van der Waals surface area contributed by atoms with Crippen LogP contribution in [0, 0.1) is 29.0 Å². The molecule has 36 heavy (non-hydrogen) atoms. The SMILES string of the molecule is CCC(=O)Oc1ccc2c(c1)CC[C@@H]1[C@@H]2CC[C@]2(C)[C@@H](C(C(=O)O)n3cc(F)c(=O)[nH]c3=O)CC[C@@H]12. The van der Waals surface area contributed by atoms with E-state index in [1.165, 1.54) is 11.1 Å². The van der Waals surface area contributed by atoms with Gasteiger partial charge < -0.3 is 9.84 Å². The number of carboxylic acid groups (broad SMARTS) is 1. The van der Waals surface area contributed by atoms with E-state index in [9.17, 15) is 28.7 Å². The van der Waals surface area contributed by atoms with Crippen molar-refractivity contribution in [3.8, 4) is 5.75 Å². The Bertz CT molecular complexity index is 1330. The van der Waals surface area contributed by atoms with Crippen molar-refractivity contribution in [2.45, 2.75) is 70.8 Å². The first-order chi connectivity index (χ1) is 17.1. The summed E-state index contributed by atoms with van der Waals surface area (Å²) in [6.07, 6.45) is 6.01. The van der Waals surface area contributed by atoms with Gasteiger partial charge in [0.1, 0.15) is 11.8 Å². The number of rotatable bonds is 5. The molecule has 0 bridgehead atoms. The summed E-state index contributed by atoms with van der Waals surface area (Å²) in [5.74, 6) is -1.41. The van der Waals surface area contributed by atoms with E-state index in [-0.39, 0.29) is 23.2 Å². The van der Waals surface area contributed by atoms with Crippen LogP contribution in [-0.2, 0) is 16.0 Å². The molecule has 6 atom stereocenters. The summed E-state index contributed by atoms with van der Waals surface area (Å²) in [7, 11) is 0. The number of nitrogens with one attached hydrogen (secondary N) is 1. The molecule has 1 aromatic heterocycles. The Hall–Kier alpha value is -3.23. The third kappa shape index (κ3) is 3.89. The predicted octanol–water partition coefficient (Wildman–Crippen LogP) is 3.79. The Labute approximate surface area is 207 Å². The molecule has 0 radical (unpaired) electrons. The number of nitrogens with zero attached hydrogens (tertiary/aromatic N) is 1. The van der Waals surface area contributed by atoms with Crippen molar-refractivity contribution in [3.63, 3.8) is 0 Å². The number of carbonyl (C=O) groups excluding carboxylic acids is 1. The maximum Gasteiger partial charge on any atom is 0.329 e. The summed E-state index contributed by atoms with van der Waals surface area (Å²) >= 11 is 0. The van der Waals surface area contributed by atoms with Crippen LogP contribution in [0.2, 0.25) is 0 Å². The summed E-state index contributed by atoms with van der Waals surface area (Å²) in [5.41, 5.74) is 0.103. The summed E-state index contributed by atoms with van der Waals surface area (Å²) < 4.78 is 20.3. The lowest BCUT2D eigenvalue weighted by molar-refractivity contribution is -0.145. The minimum atomic E-state index is -1.25. The van der Waals surface area contributed by atoms with Crippen LogP contribution >= 0.6 is 0 Å². The maximum absolute atomic E-state index is 14.1. The van der Waals surface area contributed by atoms with Gasteiger partial charge in [-0.3, -0.25) is 19.1 Å². The standard InChI is InChI=1S/C27H31FN2O6/c1-3-22(31)36-15-5-7-16-14(12-15)4-6-18-17(16)10-11-27(2)19(18)8-9-20(27)23(25(33)34)30-13-21(28)24(32)29-26(30)35/h5,7,12-13,17-20,23H,3-4,6,8-11H2,1-2H3,(H,33,34)(H,29,32,35)/t17-,18-,19+,20-,23?,27+/m1/s1. The van der Waals surface area contributed by atoms with Crippen molar-refractivity contribution in [3.05, 3.63) is 62.2 Å². The topological polar surface area (TPSA) is 118 Å². The van der Waals surface area contributed by atoms with Gasteiger partial charge in [-0.1, -0.05) is 19.9 Å². The fourth-order valence-corrected chi connectivity index (χ4v) is 7.54. The third-order valence-corrected chi connectivity index (χ3v) is 9.15. The molecule has 2 aromatic rings. The van der Waals surface area contributed by atoms with E-state index in [1.54, 1.807) is 6.92 Å². The van der Waals surface area contributed by atoms with Gasteiger partial charge in [0.15, 0.2) is 0 Å². The van der Waals surface area contributed by atoms with Crippen molar-refractivity contribution in [2.24, 2.45) is 23.2 Å². The highest BCUT2D eigenvalue weighted by molar-refractivity contribution is 5.73. The number of ether oxygens (including phenoxy) is 1. The van der Waals surface area contributed by atoms with Gasteiger partial charge in [-0.25, -0.2) is 9.59 Å². The molecule has 3 aliphatic carbocycles. The number of aromatic nitrogens is 2. The number of aliphatic carboxylic acids is 1. The first-order valence-electron chi connectivity index (χ1n) is 12.7. The highest BCUT2D eigenvalue weighted by atomic mass is 19.1. The molecule has 9 heteroatoms. The molecule has 1 unspecified atom stereocenters. The Kier molecular flexibility index (Phi) is 6.12. The number of aromatic amines is 1. The van der Waals surface area contributed by atoms with E-state index >= 15 is 0 Å². The van der Waals surface area contributed by atoms with Crippen LogP contribution in [0.4, 0.5) is 4.39 Å². The number of esters is 1. The van der Waals surface area contributed by atoms with E-state index in [1.807, 2.05) is 17.1 Å². The molecule has 1 aromatic carbocycles. The van der Waals surface area contributed by atoms with E-state index in [0.717, 1.165) is 42.9 Å². The van der Waals surface area contributed by atoms with Gasteiger partial charge in [-0.05, 0) is 90.9 Å². The van der Waals surface area contributed by atoms with Gasteiger partial charge >= 0.3 is 17.6 Å². The molecule has 2 fully saturated rings. The monoisotopic (exact) mass is 498 g/mol. The number of halogens is 1. The average Bonchev–Trinajstić information content (AvgIpc) is 3.18. The van der Waals surface area contributed by atoms with Crippen LogP contribution in [0.15, 0.2) is 34.0 Å². The second-order valence-corrected chi connectivity index (χ2v) is 10.8. The van der Waals surface area contributed by atoms with Gasteiger partial charge in [-0.2, -0.15) is 4.39 Å². The van der Waals surface area contributed by atoms with Crippen molar-refractivity contribution in [2.75, 3.05) is 0 Å². The minimum Gasteiger partial charge on any atom is -0.480 e. The molecule has 0 saturated heterocycles. The number of carbonyl (C=O) groups is 2. The quantitative estimate of drug-likeness (QED) is 0.478.